The van der Waals surface area contributed by atoms with Crippen molar-refractivity contribution in [3.8, 4) is 5.69 Å². The molecule has 0 radical (unpaired) electrons. The number of nitrogens with one attached hydrogen (secondary N) is 2. The number of hydrogen-bond acceptors (Lipinski definition) is 5. The van der Waals surface area contributed by atoms with E-state index in [1.165, 1.54) is 40.8 Å². The highest BCUT2D eigenvalue weighted by Gasteiger charge is 2.12. The summed E-state index contributed by atoms with van der Waals surface area (Å²) < 4.78 is 16.0. The minimum atomic E-state index is -0.373. The smallest absolute Gasteiger partial charge is 0.264 e. The first-order chi connectivity index (χ1) is 15.4. The number of carbonyl (C=O) groups excluding carboxylic acids is 2. The highest BCUT2D eigenvalue weighted by molar-refractivity contribution is 5.92. The third kappa shape index (κ3) is 4.53. The van der Waals surface area contributed by atoms with Crippen LogP contribution in [0.25, 0.3) is 16.7 Å². The predicted molar refractivity (Wildman–Crippen MR) is 117 cm³/mol. The van der Waals surface area contributed by atoms with E-state index in [2.05, 4.69) is 20.7 Å². The fourth-order valence-electron chi connectivity index (χ4n) is 3.16. The molecule has 4 aromatic rings. The molecule has 0 saturated heterocycles. The van der Waals surface area contributed by atoms with E-state index in [1.807, 2.05) is 0 Å². The van der Waals surface area contributed by atoms with Gasteiger partial charge in [-0.1, -0.05) is 0 Å². The number of halogens is 1. The molecule has 2 amide bonds. The molecule has 0 atom stereocenters. The molecule has 32 heavy (non-hydrogen) atoms. The minimum Gasteiger partial charge on any atom is -0.326 e. The zero-order valence-corrected chi connectivity index (χ0v) is 17.1. The van der Waals surface area contributed by atoms with E-state index >= 15 is 0 Å². The van der Waals surface area contributed by atoms with Crippen molar-refractivity contribution in [3.63, 3.8) is 0 Å². The van der Waals surface area contributed by atoms with Gasteiger partial charge >= 0.3 is 0 Å². The highest BCUT2D eigenvalue weighted by Crippen LogP contribution is 2.15. The van der Waals surface area contributed by atoms with Crippen LogP contribution in [-0.4, -0.2) is 31.1 Å². The molecular formula is C22H19FN6O3. The molecule has 2 aromatic carbocycles. The van der Waals surface area contributed by atoms with Crippen LogP contribution < -0.4 is 16.2 Å². The van der Waals surface area contributed by atoms with Gasteiger partial charge in [-0.25, -0.2) is 14.1 Å². The molecule has 0 aliphatic rings. The second kappa shape index (κ2) is 8.80. The standard InChI is InChI=1S/C22H19FN6O3/c1-14(30)26-16-4-6-17(7-5-16)27-20(31)10-11-28-13-24-21-19(22(28)32)12-25-29(21)18-8-2-15(23)3-9-18/h2-9,12-13H,10-11H2,1H3,(H,26,30)(H,27,31). The van der Waals surface area contributed by atoms with E-state index in [0.29, 0.717) is 28.1 Å². The molecule has 0 unspecified atom stereocenters. The van der Waals surface area contributed by atoms with Crippen molar-refractivity contribution in [1.82, 2.24) is 19.3 Å². The second-order valence-electron chi connectivity index (χ2n) is 7.07. The summed E-state index contributed by atoms with van der Waals surface area (Å²) in [5.41, 5.74) is 1.81. The average Bonchev–Trinajstić information content (AvgIpc) is 3.20. The summed E-state index contributed by atoms with van der Waals surface area (Å²) in [6, 6.07) is 12.4. The Morgan fingerprint density at radius 3 is 2.31 bits per heavy atom. The lowest BCUT2D eigenvalue weighted by molar-refractivity contribution is -0.116. The van der Waals surface area contributed by atoms with Gasteiger partial charge in [0.2, 0.25) is 11.8 Å². The van der Waals surface area contributed by atoms with E-state index in [-0.39, 0.29) is 36.2 Å². The number of aryl methyl sites for hydroxylation is 1. The number of amides is 2. The molecule has 2 N–H and O–H groups in total. The summed E-state index contributed by atoms with van der Waals surface area (Å²) in [4.78, 5) is 40.4. The van der Waals surface area contributed by atoms with Crippen molar-refractivity contribution < 1.29 is 14.0 Å². The zero-order valence-electron chi connectivity index (χ0n) is 17.1. The first-order valence-corrected chi connectivity index (χ1v) is 9.77. The normalized spacial score (nSPS) is 10.8. The number of hydrogen-bond donors (Lipinski definition) is 2. The van der Waals surface area contributed by atoms with Crippen LogP contribution in [0.4, 0.5) is 15.8 Å². The maximum absolute atomic E-state index is 13.2. The fourth-order valence-corrected chi connectivity index (χ4v) is 3.16. The van der Waals surface area contributed by atoms with Crippen molar-refractivity contribution in [2.24, 2.45) is 0 Å². The molecule has 0 bridgehead atoms. The van der Waals surface area contributed by atoms with Gasteiger partial charge in [0.1, 0.15) is 11.2 Å². The van der Waals surface area contributed by atoms with E-state index in [9.17, 15) is 18.8 Å². The van der Waals surface area contributed by atoms with Gasteiger partial charge in [0.05, 0.1) is 18.2 Å². The molecule has 9 nitrogen and oxygen atoms in total. The number of rotatable bonds is 6. The SMILES string of the molecule is CC(=O)Nc1ccc(NC(=O)CCn2cnc3c(cnn3-c3ccc(F)cc3)c2=O)cc1. The Labute approximate surface area is 181 Å². The van der Waals surface area contributed by atoms with Crippen LogP contribution in [0.1, 0.15) is 13.3 Å². The van der Waals surface area contributed by atoms with Crippen LogP contribution in [0, 0.1) is 5.82 Å². The molecule has 0 saturated carbocycles. The van der Waals surface area contributed by atoms with Gasteiger partial charge in [0, 0.05) is 31.3 Å². The van der Waals surface area contributed by atoms with E-state index in [4.69, 9.17) is 0 Å². The molecule has 2 heterocycles. The summed E-state index contributed by atoms with van der Waals surface area (Å²) >= 11 is 0. The molecular weight excluding hydrogens is 415 g/mol. The third-order valence-electron chi connectivity index (χ3n) is 4.69. The lowest BCUT2D eigenvalue weighted by Crippen LogP contribution is -2.23. The van der Waals surface area contributed by atoms with Crippen LogP contribution >= 0.6 is 0 Å². The topological polar surface area (TPSA) is 111 Å². The maximum Gasteiger partial charge on any atom is 0.264 e. The number of fused-ring (bicyclic) bond motifs is 1. The van der Waals surface area contributed by atoms with Gasteiger partial charge in [-0.2, -0.15) is 5.10 Å². The van der Waals surface area contributed by atoms with Crippen molar-refractivity contribution in [1.29, 1.82) is 0 Å². The Hall–Kier alpha value is -4.34. The molecule has 0 spiro atoms. The molecule has 0 fully saturated rings. The summed E-state index contributed by atoms with van der Waals surface area (Å²) in [6.07, 6.45) is 2.83. The summed E-state index contributed by atoms with van der Waals surface area (Å²) in [7, 11) is 0. The number of carbonyl (C=O) groups is 2. The van der Waals surface area contributed by atoms with E-state index < -0.39 is 0 Å². The van der Waals surface area contributed by atoms with E-state index in [1.54, 1.807) is 36.4 Å². The van der Waals surface area contributed by atoms with Gasteiger partial charge in [-0.3, -0.25) is 19.0 Å². The van der Waals surface area contributed by atoms with Gasteiger partial charge in [0.25, 0.3) is 5.56 Å². The number of anilines is 2. The van der Waals surface area contributed by atoms with Crippen LogP contribution in [0.2, 0.25) is 0 Å². The average molecular weight is 434 g/mol. The van der Waals surface area contributed by atoms with Crippen LogP contribution in [-0.2, 0) is 16.1 Å². The van der Waals surface area contributed by atoms with Crippen molar-refractivity contribution >= 4 is 34.2 Å². The number of aromatic nitrogens is 4. The Balaban J connectivity index is 1.43. The maximum atomic E-state index is 13.2. The monoisotopic (exact) mass is 434 g/mol. The Morgan fingerprint density at radius 2 is 1.66 bits per heavy atom. The minimum absolute atomic E-state index is 0.0621. The summed E-state index contributed by atoms with van der Waals surface area (Å²) in [5, 5.41) is 9.88. The first kappa shape index (κ1) is 20.9. The summed E-state index contributed by atoms with van der Waals surface area (Å²) in [6.45, 7) is 1.55. The fraction of sp³-hybridized carbons (Fsp3) is 0.136. The molecule has 4 rings (SSSR count). The van der Waals surface area contributed by atoms with Gasteiger partial charge < -0.3 is 10.6 Å². The van der Waals surface area contributed by atoms with Gasteiger partial charge in [-0.15, -0.1) is 0 Å². The second-order valence-corrected chi connectivity index (χ2v) is 7.07. The van der Waals surface area contributed by atoms with Crippen LogP contribution in [0.5, 0.6) is 0 Å². The van der Waals surface area contributed by atoms with Crippen molar-refractivity contribution in [2.45, 2.75) is 19.9 Å². The number of nitrogens with zero attached hydrogens (tertiary/aromatic N) is 4. The highest BCUT2D eigenvalue weighted by atomic mass is 19.1. The quantitative estimate of drug-likeness (QED) is 0.485. The lowest BCUT2D eigenvalue weighted by atomic mass is 10.2. The largest absolute Gasteiger partial charge is 0.326 e. The van der Waals surface area contributed by atoms with Crippen LogP contribution in [0.15, 0.2) is 65.8 Å². The molecule has 0 aliphatic heterocycles. The van der Waals surface area contributed by atoms with Crippen molar-refractivity contribution in [2.75, 3.05) is 10.6 Å². The number of benzene rings is 2. The molecule has 2 aromatic heterocycles. The Bertz CT molecular complexity index is 1340. The summed E-state index contributed by atoms with van der Waals surface area (Å²) in [5.74, 6) is -0.824. The zero-order chi connectivity index (χ0) is 22.7. The van der Waals surface area contributed by atoms with Gasteiger partial charge in [-0.05, 0) is 48.5 Å². The third-order valence-corrected chi connectivity index (χ3v) is 4.69. The Kier molecular flexibility index (Phi) is 5.75. The molecule has 10 heteroatoms. The Morgan fingerprint density at radius 1 is 1.00 bits per heavy atom. The lowest BCUT2D eigenvalue weighted by Gasteiger charge is -2.08. The van der Waals surface area contributed by atoms with Gasteiger partial charge in [0.15, 0.2) is 5.65 Å². The molecule has 162 valence electrons. The van der Waals surface area contributed by atoms with Crippen molar-refractivity contribution in [3.05, 3.63) is 77.2 Å². The first-order valence-electron chi connectivity index (χ1n) is 9.77. The predicted octanol–water partition coefficient (Wildman–Crippen LogP) is 2.71. The molecule has 0 aliphatic carbocycles. The van der Waals surface area contributed by atoms with E-state index in [0.717, 1.165) is 0 Å². The van der Waals surface area contributed by atoms with Crippen LogP contribution in [0.3, 0.4) is 0 Å².